The van der Waals surface area contributed by atoms with Gasteiger partial charge in [0.1, 0.15) is 5.82 Å². The molecule has 22 heavy (non-hydrogen) atoms. The summed E-state index contributed by atoms with van der Waals surface area (Å²) in [4.78, 5) is 19.3. The van der Waals surface area contributed by atoms with Gasteiger partial charge in [0, 0.05) is 23.8 Å². The third kappa shape index (κ3) is 3.30. The molecule has 0 spiro atoms. The first-order chi connectivity index (χ1) is 10.8. The summed E-state index contributed by atoms with van der Waals surface area (Å²) >= 11 is 3.45. The maximum absolute atomic E-state index is 12.6. The van der Waals surface area contributed by atoms with Crippen molar-refractivity contribution < 1.29 is 4.79 Å². The van der Waals surface area contributed by atoms with Crippen LogP contribution in [0.2, 0.25) is 0 Å². The van der Waals surface area contributed by atoms with E-state index >= 15 is 0 Å². The fourth-order valence-electron chi connectivity index (χ4n) is 2.68. The number of aromatic nitrogens is 1. The van der Waals surface area contributed by atoms with Crippen LogP contribution in [0.25, 0.3) is 0 Å². The second-order valence-electron chi connectivity index (χ2n) is 5.36. The Hall–Kier alpha value is -1.88. The van der Waals surface area contributed by atoms with E-state index in [1.54, 1.807) is 6.20 Å². The van der Waals surface area contributed by atoms with Crippen LogP contribution in [0, 0.1) is 0 Å². The van der Waals surface area contributed by atoms with Gasteiger partial charge in [-0.2, -0.15) is 0 Å². The van der Waals surface area contributed by atoms with Crippen LogP contribution in [0.1, 0.15) is 29.6 Å². The largest absolute Gasteiger partial charge is 0.356 e. The number of pyridine rings is 1. The number of halogens is 1. The number of hydrogen-bond acceptors (Lipinski definition) is 3. The third-order valence-corrected chi connectivity index (χ3v) is 4.50. The van der Waals surface area contributed by atoms with Crippen molar-refractivity contribution in [2.45, 2.75) is 19.3 Å². The van der Waals surface area contributed by atoms with E-state index in [4.69, 9.17) is 0 Å². The molecule has 2 aromatic rings. The molecule has 0 aliphatic carbocycles. The number of para-hydroxylation sites is 1. The molecule has 0 unspecified atom stereocenters. The van der Waals surface area contributed by atoms with Crippen molar-refractivity contribution >= 4 is 33.3 Å². The molecule has 1 fully saturated rings. The quantitative estimate of drug-likeness (QED) is 0.897. The molecule has 3 rings (SSSR count). The van der Waals surface area contributed by atoms with Crippen molar-refractivity contribution in [2.75, 3.05) is 23.3 Å². The number of benzene rings is 1. The molecule has 1 amide bonds. The summed E-state index contributed by atoms with van der Waals surface area (Å²) in [7, 11) is 0. The Morgan fingerprint density at radius 3 is 2.64 bits per heavy atom. The average molecular weight is 360 g/mol. The minimum atomic E-state index is -0.124. The highest BCUT2D eigenvalue weighted by Crippen LogP contribution is 2.25. The third-order valence-electron chi connectivity index (χ3n) is 3.81. The van der Waals surface area contributed by atoms with E-state index in [0.29, 0.717) is 5.56 Å². The lowest BCUT2D eigenvalue weighted by atomic mass is 10.1. The van der Waals surface area contributed by atoms with Crippen molar-refractivity contribution in [3.05, 3.63) is 52.6 Å². The molecule has 1 aliphatic heterocycles. The number of rotatable bonds is 3. The van der Waals surface area contributed by atoms with Gasteiger partial charge in [0.2, 0.25) is 0 Å². The summed E-state index contributed by atoms with van der Waals surface area (Å²) in [6.45, 7) is 1.93. The predicted octanol–water partition coefficient (Wildman–Crippen LogP) is 4.09. The Labute approximate surface area is 138 Å². The summed E-state index contributed by atoms with van der Waals surface area (Å²) in [6.07, 6.45) is 5.31. The number of nitrogens with one attached hydrogen (secondary N) is 1. The van der Waals surface area contributed by atoms with Crippen LogP contribution >= 0.6 is 15.9 Å². The molecular weight excluding hydrogens is 342 g/mol. The van der Waals surface area contributed by atoms with E-state index < -0.39 is 0 Å². The Morgan fingerprint density at radius 1 is 1.09 bits per heavy atom. The van der Waals surface area contributed by atoms with Gasteiger partial charge in [-0.1, -0.05) is 12.1 Å². The zero-order valence-electron chi connectivity index (χ0n) is 12.3. The molecule has 5 heteroatoms. The van der Waals surface area contributed by atoms with Crippen molar-refractivity contribution in [1.29, 1.82) is 0 Å². The Bertz CT molecular complexity index is 668. The van der Waals surface area contributed by atoms with Crippen molar-refractivity contribution in [3.8, 4) is 0 Å². The fraction of sp³-hybridized carbons (Fsp3) is 0.294. The number of carbonyl (C=O) groups excluding carboxylic acids is 1. The van der Waals surface area contributed by atoms with Crippen LogP contribution in [0.5, 0.6) is 0 Å². The van der Waals surface area contributed by atoms with E-state index in [2.05, 4.69) is 31.1 Å². The van der Waals surface area contributed by atoms with Gasteiger partial charge in [-0.25, -0.2) is 4.98 Å². The van der Waals surface area contributed by atoms with Crippen LogP contribution in [-0.4, -0.2) is 24.0 Å². The second-order valence-corrected chi connectivity index (χ2v) is 6.21. The zero-order chi connectivity index (χ0) is 15.4. The fourth-order valence-corrected chi connectivity index (χ4v) is 3.07. The van der Waals surface area contributed by atoms with Gasteiger partial charge in [-0.15, -0.1) is 0 Å². The van der Waals surface area contributed by atoms with Gasteiger partial charge < -0.3 is 10.2 Å². The number of nitrogens with zero attached hydrogens (tertiary/aromatic N) is 2. The SMILES string of the molecule is O=C(Nc1ccccc1Br)c1cccnc1N1CCCCC1. The van der Waals surface area contributed by atoms with Gasteiger partial charge in [0.15, 0.2) is 0 Å². The molecule has 114 valence electrons. The molecule has 0 bridgehead atoms. The monoisotopic (exact) mass is 359 g/mol. The molecule has 2 heterocycles. The van der Waals surface area contributed by atoms with Crippen LogP contribution < -0.4 is 10.2 Å². The van der Waals surface area contributed by atoms with Crippen LogP contribution in [0.4, 0.5) is 11.5 Å². The number of amides is 1. The van der Waals surface area contributed by atoms with E-state index in [-0.39, 0.29) is 5.91 Å². The highest BCUT2D eigenvalue weighted by atomic mass is 79.9. The lowest BCUT2D eigenvalue weighted by Crippen LogP contribution is -2.32. The van der Waals surface area contributed by atoms with Gasteiger partial charge in [0.25, 0.3) is 5.91 Å². The highest BCUT2D eigenvalue weighted by molar-refractivity contribution is 9.10. The van der Waals surface area contributed by atoms with Crippen LogP contribution in [-0.2, 0) is 0 Å². The average Bonchev–Trinajstić information content (AvgIpc) is 2.58. The maximum Gasteiger partial charge on any atom is 0.259 e. The maximum atomic E-state index is 12.6. The molecule has 0 atom stereocenters. The number of piperidine rings is 1. The first-order valence-electron chi connectivity index (χ1n) is 7.51. The molecule has 1 aliphatic rings. The Morgan fingerprint density at radius 2 is 1.86 bits per heavy atom. The lowest BCUT2D eigenvalue weighted by molar-refractivity contribution is 0.102. The molecule has 1 saturated heterocycles. The lowest BCUT2D eigenvalue weighted by Gasteiger charge is -2.29. The van der Waals surface area contributed by atoms with Crippen LogP contribution in [0.3, 0.4) is 0 Å². The van der Waals surface area contributed by atoms with Gasteiger partial charge in [-0.05, 0) is 59.5 Å². The molecule has 1 N–H and O–H groups in total. The number of hydrogen-bond donors (Lipinski definition) is 1. The van der Waals surface area contributed by atoms with E-state index in [1.807, 2.05) is 36.4 Å². The van der Waals surface area contributed by atoms with E-state index in [0.717, 1.165) is 41.9 Å². The van der Waals surface area contributed by atoms with Gasteiger partial charge in [-0.3, -0.25) is 4.79 Å². The first kappa shape index (κ1) is 15.0. The topological polar surface area (TPSA) is 45.2 Å². The van der Waals surface area contributed by atoms with E-state index in [9.17, 15) is 4.79 Å². The molecule has 0 radical (unpaired) electrons. The summed E-state index contributed by atoms with van der Waals surface area (Å²) < 4.78 is 0.867. The minimum absolute atomic E-state index is 0.124. The molecule has 0 saturated carbocycles. The molecule has 4 nitrogen and oxygen atoms in total. The molecule has 1 aromatic carbocycles. The smallest absolute Gasteiger partial charge is 0.259 e. The standard InChI is InChI=1S/C17H18BrN3O/c18-14-8-2-3-9-15(14)20-17(22)13-7-6-10-19-16(13)21-11-4-1-5-12-21/h2-3,6-10H,1,4-5,11-12H2,(H,20,22). The van der Waals surface area contributed by atoms with Gasteiger partial charge in [0.05, 0.1) is 11.3 Å². The van der Waals surface area contributed by atoms with Crippen LogP contribution in [0.15, 0.2) is 47.1 Å². The summed E-state index contributed by atoms with van der Waals surface area (Å²) in [5.41, 5.74) is 1.39. The van der Waals surface area contributed by atoms with Gasteiger partial charge >= 0.3 is 0 Å². The normalized spacial score (nSPS) is 14.7. The second kappa shape index (κ2) is 6.92. The summed E-state index contributed by atoms with van der Waals surface area (Å²) in [5, 5.41) is 2.95. The molecule has 1 aromatic heterocycles. The summed E-state index contributed by atoms with van der Waals surface area (Å²) in [5.74, 6) is 0.660. The van der Waals surface area contributed by atoms with Crippen molar-refractivity contribution in [1.82, 2.24) is 4.98 Å². The minimum Gasteiger partial charge on any atom is -0.356 e. The van der Waals surface area contributed by atoms with E-state index in [1.165, 1.54) is 6.42 Å². The highest BCUT2D eigenvalue weighted by Gasteiger charge is 2.19. The summed E-state index contributed by atoms with van der Waals surface area (Å²) in [6, 6.07) is 11.2. The Kier molecular flexibility index (Phi) is 4.73. The Balaban J connectivity index is 1.85. The van der Waals surface area contributed by atoms with Crippen molar-refractivity contribution in [2.24, 2.45) is 0 Å². The number of anilines is 2. The number of carbonyl (C=O) groups is 1. The predicted molar refractivity (Wildman–Crippen MR) is 92.4 cm³/mol. The zero-order valence-corrected chi connectivity index (χ0v) is 13.8. The first-order valence-corrected chi connectivity index (χ1v) is 8.31. The van der Waals surface area contributed by atoms with Crippen molar-refractivity contribution in [3.63, 3.8) is 0 Å². The molecular formula is C17H18BrN3O.